The third kappa shape index (κ3) is 3.53. The topological polar surface area (TPSA) is 23.8 Å². The van der Waals surface area contributed by atoms with E-state index < -0.39 is 0 Å². The van der Waals surface area contributed by atoms with Gasteiger partial charge in [0.15, 0.2) is 0 Å². The van der Waals surface area contributed by atoms with Gasteiger partial charge >= 0.3 is 0 Å². The van der Waals surface area contributed by atoms with Crippen molar-refractivity contribution >= 4 is 22.6 Å². The van der Waals surface area contributed by atoms with E-state index >= 15 is 0 Å². The van der Waals surface area contributed by atoms with Crippen LogP contribution in [0.2, 0.25) is 0 Å². The Balaban J connectivity index is 3.80. The molecule has 0 radical (unpaired) electrons. The molecule has 0 aromatic heterocycles. The van der Waals surface area contributed by atoms with Gasteiger partial charge in [-0.2, -0.15) is 5.26 Å². The van der Waals surface area contributed by atoms with Crippen LogP contribution < -0.4 is 0 Å². The van der Waals surface area contributed by atoms with Crippen molar-refractivity contribution in [3.63, 3.8) is 0 Å². The summed E-state index contributed by atoms with van der Waals surface area (Å²) in [5.41, 5.74) is 0. The molecule has 0 bridgehead atoms. The van der Waals surface area contributed by atoms with Crippen LogP contribution in [0.3, 0.4) is 0 Å². The minimum Gasteiger partial charge on any atom is -0.192 e. The van der Waals surface area contributed by atoms with E-state index in [0.29, 0.717) is 3.58 Å². The smallest absolute Gasteiger partial charge is 0.106 e. The number of nitrogens with zero attached hydrogens (tertiary/aromatic N) is 1. The molecule has 0 aliphatic rings. The van der Waals surface area contributed by atoms with Crippen LogP contribution in [0, 0.1) is 11.3 Å². The van der Waals surface area contributed by atoms with Crippen molar-refractivity contribution in [1.29, 1.82) is 5.26 Å². The SMILES string of the molecule is C=CC=C(I)C#N. The highest BCUT2D eigenvalue weighted by molar-refractivity contribution is 14.1. The fraction of sp³-hybridized carbons (Fsp3) is 0. The molecule has 0 heterocycles. The highest BCUT2D eigenvalue weighted by Crippen LogP contribution is 2.01. The number of allylic oxidation sites excluding steroid dienone is 3. The van der Waals surface area contributed by atoms with Gasteiger partial charge in [-0.1, -0.05) is 12.7 Å². The van der Waals surface area contributed by atoms with Gasteiger partial charge in [0, 0.05) is 0 Å². The zero-order chi connectivity index (χ0) is 5.70. The Morgan fingerprint density at radius 2 is 2.43 bits per heavy atom. The van der Waals surface area contributed by atoms with Crippen LogP contribution in [0.5, 0.6) is 0 Å². The van der Waals surface area contributed by atoms with E-state index in [-0.39, 0.29) is 0 Å². The Labute approximate surface area is 56.5 Å². The van der Waals surface area contributed by atoms with E-state index in [4.69, 9.17) is 5.26 Å². The molecule has 7 heavy (non-hydrogen) atoms. The second-order valence-corrected chi connectivity index (χ2v) is 2.02. The second kappa shape index (κ2) is 3.88. The molecule has 0 rings (SSSR count). The maximum atomic E-state index is 8.09. The van der Waals surface area contributed by atoms with Gasteiger partial charge in [-0.3, -0.25) is 0 Å². The van der Waals surface area contributed by atoms with Crippen molar-refractivity contribution in [3.05, 3.63) is 22.3 Å². The lowest BCUT2D eigenvalue weighted by atomic mass is 10.5. The number of rotatable bonds is 1. The predicted molar refractivity (Wildman–Crippen MR) is 37.9 cm³/mol. The van der Waals surface area contributed by atoms with Crippen LogP contribution >= 0.6 is 22.6 Å². The number of hydrogen-bond donors (Lipinski definition) is 0. The number of halogens is 1. The third-order valence-electron chi connectivity index (χ3n) is 0.371. The van der Waals surface area contributed by atoms with Gasteiger partial charge in [-0.15, -0.1) is 0 Å². The van der Waals surface area contributed by atoms with E-state index in [1.54, 1.807) is 12.2 Å². The van der Waals surface area contributed by atoms with Crippen LogP contribution in [0.1, 0.15) is 0 Å². The summed E-state index contributed by atoms with van der Waals surface area (Å²) in [4.78, 5) is 0. The van der Waals surface area contributed by atoms with Crippen molar-refractivity contribution < 1.29 is 0 Å². The number of nitriles is 1. The highest BCUT2D eigenvalue weighted by atomic mass is 127. The lowest BCUT2D eigenvalue weighted by molar-refractivity contribution is 1.53. The van der Waals surface area contributed by atoms with Gasteiger partial charge in [-0.25, -0.2) is 0 Å². The number of hydrogen-bond acceptors (Lipinski definition) is 1. The third-order valence-corrected chi connectivity index (χ3v) is 0.972. The molecule has 0 aliphatic heterocycles. The standard InChI is InChI=1S/C5H4IN/c1-2-3-5(6)4-7/h2-3H,1H2. The summed E-state index contributed by atoms with van der Waals surface area (Å²) in [7, 11) is 0. The first-order valence-corrected chi connectivity index (χ1v) is 2.77. The molecule has 36 valence electrons. The summed E-state index contributed by atoms with van der Waals surface area (Å²) in [5.74, 6) is 0. The maximum Gasteiger partial charge on any atom is 0.106 e. The molecule has 0 amide bonds. The van der Waals surface area contributed by atoms with Crippen LogP contribution in [0.4, 0.5) is 0 Å². The Hall–Kier alpha value is -0.300. The quantitative estimate of drug-likeness (QED) is 0.365. The summed E-state index contributed by atoms with van der Waals surface area (Å²) in [6.07, 6.45) is 3.24. The first-order valence-electron chi connectivity index (χ1n) is 1.69. The first-order chi connectivity index (χ1) is 3.31. The van der Waals surface area contributed by atoms with Crippen molar-refractivity contribution in [2.75, 3.05) is 0 Å². The summed E-state index contributed by atoms with van der Waals surface area (Å²) in [5, 5.41) is 8.09. The van der Waals surface area contributed by atoms with Gasteiger partial charge in [0.25, 0.3) is 0 Å². The molecule has 0 spiro atoms. The predicted octanol–water partition coefficient (Wildman–Crippen LogP) is 2.01. The lowest BCUT2D eigenvalue weighted by Crippen LogP contribution is -1.53. The molecule has 1 nitrogen and oxygen atoms in total. The van der Waals surface area contributed by atoms with Gasteiger partial charge < -0.3 is 0 Å². The Bertz CT molecular complexity index is 130. The van der Waals surface area contributed by atoms with Crippen molar-refractivity contribution in [1.82, 2.24) is 0 Å². The van der Waals surface area contributed by atoms with Crippen LogP contribution in [-0.4, -0.2) is 0 Å². The summed E-state index contributed by atoms with van der Waals surface area (Å²) in [6.45, 7) is 3.42. The summed E-state index contributed by atoms with van der Waals surface area (Å²) in [6, 6.07) is 1.94. The largest absolute Gasteiger partial charge is 0.192 e. The maximum absolute atomic E-state index is 8.09. The van der Waals surface area contributed by atoms with Crippen molar-refractivity contribution in [2.24, 2.45) is 0 Å². The van der Waals surface area contributed by atoms with Gasteiger partial charge in [0.2, 0.25) is 0 Å². The molecule has 0 N–H and O–H groups in total. The molecule has 0 saturated heterocycles. The first kappa shape index (κ1) is 6.70. The molecule has 0 atom stereocenters. The Kier molecular flexibility index (Phi) is 3.71. The minimum absolute atomic E-state index is 0.660. The molecular formula is C5H4IN. The molecule has 0 fully saturated rings. The molecule has 0 aliphatic carbocycles. The zero-order valence-electron chi connectivity index (χ0n) is 3.69. The van der Waals surface area contributed by atoms with E-state index in [1.807, 2.05) is 28.7 Å². The molecule has 2 heteroatoms. The summed E-state index contributed by atoms with van der Waals surface area (Å²) < 4.78 is 0.660. The molecule has 0 aromatic rings. The molecule has 0 unspecified atom stereocenters. The second-order valence-electron chi connectivity index (χ2n) is 0.862. The lowest BCUT2D eigenvalue weighted by Gasteiger charge is -1.70. The van der Waals surface area contributed by atoms with Gasteiger partial charge in [0.05, 0.1) is 3.58 Å². The summed E-state index contributed by atoms with van der Waals surface area (Å²) >= 11 is 1.93. The van der Waals surface area contributed by atoms with Gasteiger partial charge in [-0.05, 0) is 28.7 Å². The van der Waals surface area contributed by atoms with Crippen molar-refractivity contribution in [2.45, 2.75) is 0 Å². The van der Waals surface area contributed by atoms with E-state index in [1.165, 1.54) is 0 Å². The minimum atomic E-state index is 0.660. The average molecular weight is 205 g/mol. The zero-order valence-corrected chi connectivity index (χ0v) is 5.84. The fourth-order valence-electron chi connectivity index (χ4n) is 0.141. The Morgan fingerprint density at radius 3 is 2.57 bits per heavy atom. The van der Waals surface area contributed by atoms with E-state index in [0.717, 1.165) is 0 Å². The fourth-order valence-corrected chi connectivity index (χ4v) is 0.395. The van der Waals surface area contributed by atoms with Crippen LogP contribution in [-0.2, 0) is 0 Å². The normalized spacial score (nSPS) is 10.0. The highest BCUT2D eigenvalue weighted by Gasteiger charge is 1.76. The van der Waals surface area contributed by atoms with Crippen molar-refractivity contribution in [3.8, 4) is 6.07 Å². The van der Waals surface area contributed by atoms with E-state index in [2.05, 4.69) is 6.58 Å². The Morgan fingerprint density at radius 1 is 1.86 bits per heavy atom. The monoisotopic (exact) mass is 205 g/mol. The molecule has 0 saturated carbocycles. The van der Waals surface area contributed by atoms with Crippen LogP contribution in [0.25, 0.3) is 0 Å². The average Bonchev–Trinajstić information content (AvgIpc) is 1.68. The van der Waals surface area contributed by atoms with Crippen LogP contribution in [0.15, 0.2) is 22.3 Å². The van der Waals surface area contributed by atoms with Gasteiger partial charge in [0.1, 0.15) is 6.07 Å². The molecular weight excluding hydrogens is 201 g/mol. The van der Waals surface area contributed by atoms with E-state index in [9.17, 15) is 0 Å². The molecule has 0 aromatic carbocycles.